The summed E-state index contributed by atoms with van der Waals surface area (Å²) in [6, 6.07) is 0.660. The minimum absolute atomic E-state index is 0.660. The molecule has 86 valence electrons. The van der Waals surface area contributed by atoms with E-state index in [1.54, 1.807) is 0 Å². The molecule has 0 radical (unpaired) electrons. The summed E-state index contributed by atoms with van der Waals surface area (Å²) < 4.78 is 0. The summed E-state index contributed by atoms with van der Waals surface area (Å²) in [7, 11) is 1.85. The number of thioether (sulfide) groups is 1. The van der Waals surface area contributed by atoms with Crippen LogP contribution in [0.5, 0.6) is 0 Å². The van der Waals surface area contributed by atoms with Crippen LogP contribution in [0.3, 0.4) is 0 Å². The Morgan fingerprint density at radius 2 is 2.33 bits per heavy atom. The van der Waals surface area contributed by atoms with Gasteiger partial charge in [0.15, 0.2) is 5.96 Å². The molecule has 4 heteroatoms. The zero-order valence-corrected chi connectivity index (χ0v) is 10.4. The van der Waals surface area contributed by atoms with Gasteiger partial charge in [-0.15, -0.1) is 0 Å². The van der Waals surface area contributed by atoms with E-state index in [0.717, 1.165) is 23.7 Å². The van der Waals surface area contributed by atoms with Crippen LogP contribution in [0.4, 0.5) is 0 Å². The third-order valence-electron chi connectivity index (χ3n) is 3.18. The number of rotatable bonds is 3. The highest BCUT2D eigenvalue weighted by molar-refractivity contribution is 8.00. The van der Waals surface area contributed by atoms with Gasteiger partial charge in [0.2, 0.25) is 0 Å². The van der Waals surface area contributed by atoms with Crippen molar-refractivity contribution in [3.63, 3.8) is 0 Å². The molecule has 1 heterocycles. The monoisotopic (exact) mass is 227 g/mol. The van der Waals surface area contributed by atoms with E-state index in [9.17, 15) is 0 Å². The van der Waals surface area contributed by atoms with Crippen molar-refractivity contribution in [2.24, 2.45) is 10.9 Å². The number of nitrogens with one attached hydrogen (secondary N) is 2. The molecule has 3 nitrogen and oxygen atoms in total. The van der Waals surface area contributed by atoms with Crippen molar-refractivity contribution in [3.05, 3.63) is 0 Å². The molecule has 0 bridgehead atoms. The fourth-order valence-corrected chi connectivity index (χ4v) is 3.11. The second-order valence-corrected chi connectivity index (χ2v) is 5.96. The van der Waals surface area contributed by atoms with Crippen molar-refractivity contribution < 1.29 is 0 Å². The summed E-state index contributed by atoms with van der Waals surface area (Å²) in [6.07, 6.45) is 4.02. The van der Waals surface area contributed by atoms with E-state index in [2.05, 4.69) is 34.3 Å². The van der Waals surface area contributed by atoms with Crippen molar-refractivity contribution in [2.75, 3.05) is 19.3 Å². The van der Waals surface area contributed by atoms with Gasteiger partial charge < -0.3 is 10.6 Å². The molecule has 2 N–H and O–H groups in total. The van der Waals surface area contributed by atoms with Crippen LogP contribution in [-0.2, 0) is 0 Å². The first kappa shape index (κ1) is 11.1. The smallest absolute Gasteiger partial charge is 0.191 e. The first-order valence-corrected chi connectivity index (χ1v) is 6.93. The van der Waals surface area contributed by atoms with Crippen LogP contribution in [0.1, 0.15) is 26.2 Å². The summed E-state index contributed by atoms with van der Waals surface area (Å²) in [5.41, 5.74) is 0. The summed E-state index contributed by atoms with van der Waals surface area (Å²) in [5, 5.41) is 7.66. The van der Waals surface area contributed by atoms with Crippen LogP contribution in [0, 0.1) is 5.92 Å². The maximum atomic E-state index is 4.25. The molecule has 0 aromatic heterocycles. The van der Waals surface area contributed by atoms with Crippen LogP contribution in [0.2, 0.25) is 0 Å². The van der Waals surface area contributed by atoms with Crippen molar-refractivity contribution in [1.29, 1.82) is 0 Å². The Hall–Kier alpha value is -0.380. The van der Waals surface area contributed by atoms with Gasteiger partial charge in [0, 0.05) is 24.9 Å². The van der Waals surface area contributed by atoms with E-state index in [-0.39, 0.29) is 0 Å². The summed E-state index contributed by atoms with van der Waals surface area (Å²) in [6.45, 7) is 3.34. The maximum absolute atomic E-state index is 4.25. The lowest BCUT2D eigenvalue weighted by Crippen LogP contribution is -2.41. The summed E-state index contributed by atoms with van der Waals surface area (Å²) in [4.78, 5) is 4.25. The third-order valence-corrected chi connectivity index (χ3v) is 4.57. The van der Waals surface area contributed by atoms with Gasteiger partial charge in [-0.1, -0.05) is 6.92 Å². The number of hydrogen-bond acceptors (Lipinski definition) is 2. The van der Waals surface area contributed by atoms with Gasteiger partial charge >= 0.3 is 0 Å². The van der Waals surface area contributed by atoms with Gasteiger partial charge in [-0.25, -0.2) is 0 Å². The molecule has 0 aromatic carbocycles. The molecule has 0 amide bonds. The molecule has 3 unspecified atom stereocenters. The Balaban J connectivity index is 1.66. The van der Waals surface area contributed by atoms with Crippen LogP contribution in [0.25, 0.3) is 0 Å². The van der Waals surface area contributed by atoms with Crippen LogP contribution >= 0.6 is 11.8 Å². The van der Waals surface area contributed by atoms with E-state index in [0.29, 0.717) is 6.04 Å². The zero-order valence-electron chi connectivity index (χ0n) is 9.62. The van der Waals surface area contributed by atoms with Gasteiger partial charge in [-0.05, 0) is 30.9 Å². The third kappa shape index (κ3) is 3.30. The first-order chi connectivity index (χ1) is 7.29. The number of hydrogen-bond donors (Lipinski definition) is 2. The molecule has 1 saturated heterocycles. The lowest BCUT2D eigenvalue weighted by molar-refractivity contribution is 0.715. The predicted octanol–water partition coefficient (Wildman–Crippen LogP) is 1.46. The van der Waals surface area contributed by atoms with Gasteiger partial charge in [0.05, 0.1) is 0 Å². The predicted molar refractivity (Wildman–Crippen MR) is 67.5 cm³/mol. The Kier molecular flexibility index (Phi) is 3.78. The average molecular weight is 227 g/mol. The SMILES string of the molecule is CN=C(NCC1CCCS1)NC1CC1C. The molecule has 1 aliphatic heterocycles. The van der Waals surface area contributed by atoms with Crippen molar-refractivity contribution in [2.45, 2.75) is 37.5 Å². The molecular weight excluding hydrogens is 206 g/mol. The van der Waals surface area contributed by atoms with E-state index >= 15 is 0 Å². The normalized spacial score (nSPS) is 35.3. The second-order valence-electron chi connectivity index (χ2n) is 4.55. The van der Waals surface area contributed by atoms with Gasteiger partial charge in [-0.3, -0.25) is 4.99 Å². The Morgan fingerprint density at radius 1 is 1.53 bits per heavy atom. The molecule has 1 aliphatic carbocycles. The lowest BCUT2D eigenvalue weighted by Gasteiger charge is -2.14. The van der Waals surface area contributed by atoms with Crippen LogP contribution in [-0.4, -0.2) is 36.6 Å². The maximum Gasteiger partial charge on any atom is 0.191 e. The Labute approximate surface area is 96.5 Å². The highest BCUT2D eigenvalue weighted by atomic mass is 32.2. The van der Waals surface area contributed by atoms with E-state index in [1.165, 1.54) is 25.0 Å². The van der Waals surface area contributed by atoms with E-state index < -0.39 is 0 Å². The summed E-state index contributed by atoms with van der Waals surface area (Å²) in [5.74, 6) is 3.14. The highest BCUT2D eigenvalue weighted by Gasteiger charge is 2.33. The minimum Gasteiger partial charge on any atom is -0.355 e. The molecular formula is C11H21N3S. The van der Waals surface area contributed by atoms with Crippen molar-refractivity contribution in [3.8, 4) is 0 Å². The van der Waals surface area contributed by atoms with Crippen molar-refractivity contribution >= 4 is 17.7 Å². The Morgan fingerprint density at radius 3 is 2.87 bits per heavy atom. The topological polar surface area (TPSA) is 36.4 Å². The van der Waals surface area contributed by atoms with Gasteiger partial charge in [0.1, 0.15) is 0 Å². The molecule has 3 atom stereocenters. The quantitative estimate of drug-likeness (QED) is 0.566. The minimum atomic E-state index is 0.660. The fraction of sp³-hybridized carbons (Fsp3) is 0.909. The van der Waals surface area contributed by atoms with Crippen LogP contribution < -0.4 is 10.6 Å². The van der Waals surface area contributed by atoms with E-state index in [4.69, 9.17) is 0 Å². The number of aliphatic imine (C=N–C) groups is 1. The van der Waals surface area contributed by atoms with E-state index in [1.807, 2.05) is 7.05 Å². The molecule has 15 heavy (non-hydrogen) atoms. The van der Waals surface area contributed by atoms with Crippen LogP contribution in [0.15, 0.2) is 4.99 Å². The second kappa shape index (κ2) is 5.10. The lowest BCUT2D eigenvalue weighted by atomic mass is 10.2. The van der Waals surface area contributed by atoms with Gasteiger partial charge in [-0.2, -0.15) is 11.8 Å². The average Bonchev–Trinajstić information content (AvgIpc) is 2.74. The first-order valence-electron chi connectivity index (χ1n) is 5.88. The Bertz CT molecular complexity index is 236. The molecule has 2 aliphatic rings. The molecule has 1 saturated carbocycles. The largest absolute Gasteiger partial charge is 0.355 e. The number of nitrogens with zero attached hydrogens (tertiary/aromatic N) is 1. The fourth-order valence-electron chi connectivity index (χ4n) is 1.91. The zero-order chi connectivity index (χ0) is 10.7. The van der Waals surface area contributed by atoms with Crippen molar-refractivity contribution in [1.82, 2.24) is 10.6 Å². The number of guanidine groups is 1. The molecule has 0 aromatic rings. The summed E-state index contributed by atoms with van der Waals surface area (Å²) >= 11 is 2.08. The standard InChI is InChI=1S/C11H21N3S/c1-8-6-10(8)14-11(12-2)13-7-9-4-3-5-15-9/h8-10H,3-7H2,1-2H3,(H2,12,13,14). The highest BCUT2D eigenvalue weighted by Crippen LogP contribution is 2.29. The molecule has 0 spiro atoms. The molecule has 2 fully saturated rings. The van der Waals surface area contributed by atoms with Gasteiger partial charge in [0.25, 0.3) is 0 Å². The molecule has 2 rings (SSSR count).